The minimum absolute atomic E-state index is 0.183. The summed E-state index contributed by atoms with van der Waals surface area (Å²) in [6.07, 6.45) is 0.387. The Balaban J connectivity index is 1.85. The Morgan fingerprint density at radius 2 is 1.62 bits per heavy atom. The minimum Gasteiger partial charge on any atom is -0.484 e. The lowest BCUT2D eigenvalue weighted by Crippen LogP contribution is -2.51. The van der Waals surface area contributed by atoms with Crippen LogP contribution in [0.25, 0.3) is 0 Å². The lowest BCUT2D eigenvalue weighted by Gasteiger charge is -2.31. The van der Waals surface area contributed by atoms with Gasteiger partial charge in [-0.3, -0.25) is 9.59 Å². The number of hydrogen-bond donors (Lipinski definition) is 1. The monoisotopic (exact) mass is 514 g/mol. The molecule has 0 aliphatic carbocycles. The number of amides is 2. The van der Waals surface area contributed by atoms with Crippen molar-refractivity contribution < 1.29 is 14.3 Å². The molecule has 7 heteroatoms. The zero-order valence-electron chi connectivity index (χ0n) is 17.6. The van der Waals surface area contributed by atoms with Gasteiger partial charge in [-0.1, -0.05) is 70.0 Å². The van der Waals surface area contributed by atoms with Crippen molar-refractivity contribution in [3.8, 4) is 5.75 Å². The molecule has 0 unspecified atom stereocenters. The standard InChI is InChI=1S/C25H24BrClN2O3/c1-28-25(31)23(15-18-5-3-2-4-6-18)29(16-19-7-11-21(27)12-8-19)24(30)17-32-22-13-9-20(26)10-14-22/h2-14,23H,15-17H2,1H3,(H,28,31)/t23-/m0/s1. The van der Waals surface area contributed by atoms with Crippen LogP contribution >= 0.6 is 27.5 Å². The fraction of sp³-hybridized carbons (Fsp3) is 0.200. The second kappa shape index (κ2) is 11.7. The van der Waals surface area contributed by atoms with Gasteiger partial charge in [0.15, 0.2) is 6.61 Å². The van der Waals surface area contributed by atoms with Gasteiger partial charge in [-0.2, -0.15) is 0 Å². The number of rotatable bonds is 9. The van der Waals surface area contributed by atoms with Crippen LogP contribution in [0.3, 0.4) is 0 Å². The molecule has 3 aromatic carbocycles. The van der Waals surface area contributed by atoms with E-state index in [0.29, 0.717) is 17.2 Å². The van der Waals surface area contributed by atoms with E-state index in [4.69, 9.17) is 16.3 Å². The van der Waals surface area contributed by atoms with E-state index in [9.17, 15) is 9.59 Å². The molecule has 5 nitrogen and oxygen atoms in total. The summed E-state index contributed by atoms with van der Waals surface area (Å²) in [5, 5.41) is 3.30. The third-order valence-electron chi connectivity index (χ3n) is 4.96. The van der Waals surface area contributed by atoms with Gasteiger partial charge in [-0.25, -0.2) is 0 Å². The van der Waals surface area contributed by atoms with Gasteiger partial charge in [0, 0.05) is 29.5 Å². The predicted molar refractivity (Wildman–Crippen MR) is 130 cm³/mol. The highest BCUT2D eigenvalue weighted by molar-refractivity contribution is 9.10. The van der Waals surface area contributed by atoms with E-state index in [1.54, 1.807) is 36.2 Å². The van der Waals surface area contributed by atoms with Crippen LogP contribution in [0.15, 0.2) is 83.3 Å². The smallest absolute Gasteiger partial charge is 0.261 e. The highest BCUT2D eigenvalue weighted by atomic mass is 79.9. The maximum atomic E-state index is 13.3. The van der Waals surface area contributed by atoms with Crippen LogP contribution in [0, 0.1) is 0 Å². The molecule has 0 spiro atoms. The van der Waals surface area contributed by atoms with Crippen molar-refractivity contribution in [2.75, 3.05) is 13.7 Å². The molecule has 0 aromatic heterocycles. The number of likely N-dealkylation sites (N-methyl/N-ethyl adjacent to an activating group) is 1. The Bertz CT molecular complexity index is 1030. The number of carbonyl (C=O) groups excluding carboxylic acids is 2. The van der Waals surface area contributed by atoms with Crippen LogP contribution < -0.4 is 10.1 Å². The van der Waals surface area contributed by atoms with Crippen molar-refractivity contribution in [2.24, 2.45) is 0 Å². The molecule has 3 rings (SSSR count). The number of carbonyl (C=O) groups is 2. The number of nitrogens with zero attached hydrogens (tertiary/aromatic N) is 1. The summed E-state index contributed by atoms with van der Waals surface area (Å²) in [5.41, 5.74) is 1.83. The van der Waals surface area contributed by atoms with Gasteiger partial charge in [0.1, 0.15) is 11.8 Å². The third-order valence-corrected chi connectivity index (χ3v) is 5.74. The number of benzene rings is 3. The summed E-state index contributed by atoms with van der Waals surface area (Å²) in [6.45, 7) is 0.0716. The average molecular weight is 516 g/mol. The maximum Gasteiger partial charge on any atom is 0.261 e. The van der Waals surface area contributed by atoms with Crippen molar-refractivity contribution in [1.29, 1.82) is 0 Å². The molecule has 0 aliphatic heterocycles. The number of ether oxygens (including phenoxy) is 1. The van der Waals surface area contributed by atoms with E-state index >= 15 is 0 Å². The zero-order valence-corrected chi connectivity index (χ0v) is 20.0. The molecule has 0 fully saturated rings. The highest BCUT2D eigenvalue weighted by Gasteiger charge is 2.30. The van der Waals surface area contributed by atoms with Crippen LogP contribution in [-0.4, -0.2) is 36.4 Å². The molecular formula is C25H24BrClN2O3. The molecule has 0 saturated heterocycles. The zero-order chi connectivity index (χ0) is 22.9. The average Bonchev–Trinajstić information content (AvgIpc) is 2.82. The van der Waals surface area contributed by atoms with E-state index in [0.717, 1.165) is 15.6 Å². The Hall–Kier alpha value is -2.83. The highest BCUT2D eigenvalue weighted by Crippen LogP contribution is 2.19. The molecule has 0 aliphatic rings. The van der Waals surface area contributed by atoms with Gasteiger partial charge in [-0.15, -0.1) is 0 Å². The van der Waals surface area contributed by atoms with E-state index in [-0.39, 0.29) is 25.0 Å². The first-order chi connectivity index (χ1) is 15.5. The van der Waals surface area contributed by atoms with Crippen LogP contribution in [0.4, 0.5) is 0 Å². The first-order valence-electron chi connectivity index (χ1n) is 10.1. The SMILES string of the molecule is CNC(=O)[C@H](Cc1ccccc1)N(Cc1ccc(Cl)cc1)C(=O)COc1ccc(Br)cc1. The molecular weight excluding hydrogens is 492 g/mol. The summed E-state index contributed by atoms with van der Waals surface area (Å²) >= 11 is 9.39. The summed E-state index contributed by atoms with van der Waals surface area (Å²) in [5.74, 6) is 0.0553. The van der Waals surface area contributed by atoms with E-state index < -0.39 is 6.04 Å². The van der Waals surface area contributed by atoms with Crippen LogP contribution in [0.5, 0.6) is 5.75 Å². The van der Waals surface area contributed by atoms with Gasteiger partial charge < -0.3 is 15.0 Å². The maximum absolute atomic E-state index is 13.3. The van der Waals surface area contributed by atoms with Crippen molar-refractivity contribution >= 4 is 39.3 Å². The molecule has 1 atom stereocenters. The van der Waals surface area contributed by atoms with E-state index in [1.165, 1.54) is 0 Å². The first kappa shape index (κ1) is 23.8. The fourth-order valence-electron chi connectivity index (χ4n) is 3.27. The Morgan fingerprint density at radius 1 is 0.969 bits per heavy atom. The summed E-state index contributed by atoms with van der Waals surface area (Å²) in [7, 11) is 1.57. The Labute approximate surface area is 201 Å². The van der Waals surface area contributed by atoms with Gasteiger partial charge in [0.25, 0.3) is 5.91 Å². The van der Waals surface area contributed by atoms with Gasteiger partial charge in [0.2, 0.25) is 5.91 Å². The summed E-state index contributed by atoms with van der Waals surface area (Å²) in [6, 6.07) is 23.4. The van der Waals surface area contributed by atoms with Gasteiger partial charge >= 0.3 is 0 Å². The second-order valence-electron chi connectivity index (χ2n) is 7.21. The molecule has 166 valence electrons. The minimum atomic E-state index is -0.695. The Kier molecular flexibility index (Phi) is 8.71. The van der Waals surface area contributed by atoms with Crippen molar-refractivity contribution in [3.05, 3.63) is 99.5 Å². The second-order valence-corrected chi connectivity index (χ2v) is 8.56. The third kappa shape index (κ3) is 6.84. The molecule has 1 N–H and O–H groups in total. The quantitative estimate of drug-likeness (QED) is 0.442. The van der Waals surface area contributed by atoms with Crippen LogP contribution in [-0.2, 0) is 22.6 Å². The molecule has 32 heavy (non-hydrogen) atoms. The molecule has 0 bridgehead atoms. The van der Waals surface area contributed by atoms with Gasteiger partial charge in [0.05, 0.1) is 0 Å². The number of nitrogens with one attached hydrogen (secondary N) is 1. The van der Waals surface area contributed by atoms with Crippen LogP contribution in [0.1, 0.15) is 11.1 Å². The molecule has 0 saturated carbocycles. The predicted octanol–water partition coefficient (Wildman–Crippen LogP) is 4.87. The topological polar surface area (TPSA) is 58.6 Å². The number of halogens is 2. The lowest BCUT2D eigenvalue weighted by atomic mass is 10.0. The van der Waals surface area contributed by atoms with E-state index in [2.05, 4.69) is 21.2 Å². The fourth-order valence-corrected chi connectivity index (χ4v) is 3.66. The van der Waals surface area contributed by atoms with E-state index in [1.807, 2.05) is 54.6 Å². The normalized spacial score (nSPS) is 11.5. The van der Waals surface area contributed by atoms with Gasteiger partial charge in [-0.05, 0) is 47.5 Å². The molecule has 2 amide bonds. The molecule has 3 aromatic rings. The Morgan fingerprint density at radius 3 is 2.25 bits per heavy atom. The van der Waals surface area contributed by atoms with Crippen LogP contribution in [0.2, 0.25) is 5.02 Å². The summed E-state index contributed by atoms with van der Waals surface area (Å²) in [4.78, 5) is 27.7. The largest absolute Gasteiger partial charge is 0.484 e. The molecule has 0 heterocycles. The summed E-state index contributed by atoms with van der Waals surface area (Å²) < 4.78 is 6.63. The van der Waals surface area contributed by atoms with Crippen molar-refractivity contribution in [1.82, 2.24) is 10.2 Å². The molecule has 0 radical (unpaired) electrons. The first-order valence-corrected chi connectivity index (χ1v) is 11.3. The van der Waals surface area contributed by atoms with Crippen molar-refractivity contribution in [2.45, 2.75) is 19.0 Å². The number of hydrogen-bond acceptors (Lipinski definition) is 3. The van der Waals surface area contributed by atoms with Crippen molar-refractivity contribution in [3.63, 3.8) is 0 Å². The lowest BCUT2D eigenvalue weighted by molar-refractivity contribution is -0.142.